The third kappa shape index (κ3) is 3.54. The molecule has 0 aliphatic carbocycles. The van der Waals surface area contributed by atoms with Crippen LogP contribution in [0.5, 0.6) is 0 Å². The van der Waals surface area contributed by atoms with Crippen LogP contribution in [0.2, 0.25) is 0 Å². The van der Waals surface area contributed by atoms with Crippen LogP contribution >= 0.6 is 15.9 Å². The first kappa shape index (κ1) is 17.2. The molecule has 2 heterocycles. The Labute approximate surface area is 163 Å². The molecule has 0 unspecified atom stereocenters. The van der Waals surface area contributed by atoms with Gasteiger partial charge in [-0.25, -0.2) is 4.98 Å². The average molecular weight is 423 g/mol. The number of halogens is 1. The van der Waals surface area contributed by atoms with E-state index in [0.717, 1.165) is 27.0 Å². The van der Waals surface area contributed by atoms with Gasteiger partial charge < -0.3 is 9.67 Å². The molecule has 4 rings (SSSR count). The molecular weight excluding hydrogens is 408 g/mol. The van der Waals surface area contributed by atoms with Gasteiger partial charge >= 0.3 is 0 Å². The lowest BCUT2D eigenvalue weighted by Gasteiger charge is -2.05. The fourth-order valence-corrected chi connectivity index (χ4v) is 3.34. The van der Waals surface area contributed by atoms with Crippen molar-refractivity contribution in [1.82, 2.24) is 19.7 Å². The first-order chi connectivity index (χ1) is 13.1. The van der Waals surface area contributed by atoms with Gasteiger partial charge in [0.15, 0.2) is 5.82 Å². The van der Waals surface area contributed by atoms with E-state index in [9.17, 15) is 9.90 Å². The Bertz CT molecular complexity index is 1130. The maximum absolute atomic E-state index is 12.2. The molecule has 0 bridgehead atoms. The summed E-state index contributed by atoms with van der Waals surface area (Å²) >= 11 is 3.47. The standard InChI is InChI=1S/C20H15BrN4O2/c21-14-6-7-17-15(8-14)16(11-25(17)10-13-4-2-1-3-5-13)18(26)9-19(27)20-22-12-23-24-20/h1-9,11-12,26H,10H2,(H,22,23,24)/b18-9-. The predicted molar refractivity (Wildman–Crippen MR) is 107 cm³/mol. The zero-order valence-corrected chi connectivity index (χ0v) is 15.7. The van der Waals surface area contributed by atoms with Crippen molar-refractivity contribution in [2.45, 2.75) is 6.54 Å². The summed E-state index contributed by atoms with van der Waals surface area (Å²) in [5.41, 5.74) is 2.68. The normalized spacial score (nSPS) is 11.8. The van der Waals surface area contributed by atoms with Crippen LogP contribution in [0.3, 0.4) is 0 Å². The van der Waals surface area contributed by atoms with Gasteiger partial charge in [-0.2, -0.15) is 5.10 Å². The number of rotatable bonds is 5. The van der Waals surface area contributed by atoms with E-state index in [4.69, 9.17) is 0 Å². The molecule has 27 heavy (non-hydrogen) atoms. The number of fused-ring (bicyclic) bond motifs is 1. The molecule has 0 saturated heterocycles. The van der Waals surface area contributed by atoms with Crippen LogP contribution < -0.4 is 0 Å². The van der Waals surface area contributed by atoms with Crippen molar-refractivity contribution in [3.63, 3.8) is 0 Å². The van der Waals surface area contributed by atoms with Crippen molar-refractivity contribution in [3.05, 3.63) is 88.6 Å². The Hall–Kier alpha value is -3.19. The summed E-state index contributed by atoms with van der Waals surface area (Å²) in [7, 11) is 0. The lowest BCUT2D eigenvalue weighted by atomic mass is 10.1. The fraction of sp³-hybridized carbons (Fsp3) is 0.0500. The second-order valence-corrected chi connectivity index (χ2v) is 6.96. The summed E-state index contributed by atoms with van der Waals surface area (Å²) in [6.45, 7) is 0.655. The molecule has 4 aromatic rings. The van der Waals surface area contributed by atoms with Gasteiger partial charge in [0.2, 0.25) is 5.78 Å². The number of aromatic nitrogens is 4. The molecule has 134 valence electrons. The second kappa shape index (κ2) is 7.20. The minimum absolute atomic E-state index is 0.0794. The number of nitrogens with one attached hydrogen (secondary N) is 1. The molecule has 0 atom stereocenters. The maximum Gasteiger partial charge on any atom is 0.226 e. The molecule has 2 aromatic heterocycles. The number of hydrogen-bond acceptors (Lipinski definition) is 4. The van der Waals surface area contributed by atoms with Gasteiger partial charge in [0.25, 0.3) is 0 Å². The van der Waals surface area contributed by atoms with Crippen molar-refractivity contribution >= 4 is 38.4 Å². The first-order valence-corrected chi connectivity index (χ1v) is 9.04. The zero-order valence-electron chi connectivity index (χ0n) is 14.1. The number of hydrogen-bond donors (Lipinski definition) is 2. The smallest absolute Gasteiger partial charge is 0.226 e. The lowest BCUT2D eigenvalue weighted by molar-refractivity contribution is 0.103. The molecule has 0 saturated carbocycles. The van der Waals surface area contributed by atoms with E-state index < -0.39 is 5.78 Å². The van der Waals surface area contributed by atoms with E-state index in [-0.39, 0.29) is 11.6 Å². The van der Waals surface area contributed by atoms with Crippen LogP contribution in [0.4, 0.5) is 0 Å². The summed E-state index contributed by atoms with van der Waals surface area (Å²) in [6.07, 6.45) is 4.26. The minimum atomic E-state index is -0.441. The van der Waals surface area contributed by atoms with E-state index in [1.807, 2.05) is 54.7 Å². The molecule has 2 aromatic carbocycles. The SMILES string of the molecule is O=C(/C=C(\O)c1cn(Cc2ccccc2)c2ccc(Br)cc12)c1ncn[nH]1. The molecule has 2 N–H and O–H groups in total. The van der Waals surface area contributed by atoms with Gasteiger partial charge in [-0.1, -0.05) is 46.3 Å². The fourth-order valence-electron chi connectivity index (χ4n) is 2.98. The number of benzene rings is 2. The van der Waals surface area contributed by atoms with Crippen LogP contribution in [0.25, 0.3) is 16.7 Å². The number of nitrogens with zero attached hydrogens (tertiary/aromatic N) is 3. The van der Waals surface area contributed by atoms with E-state index in [1.165, 1.54) is 6.33 Å². The van der Waals surface area contributed by atoms with Gasteiger partial charge in [0.1, 0.15) is 12.1 Å². The Morgan fingerprint density at radius 2 is 2.04 bits per heavy atom. The molecule has 6 nitrogen and oxygen atoms in total. The summed E-state index contributed by atoms with van der Waals surface area (Å²) in [5.74, 6) is -0.481. The van der Waals surface area contributed by atoms with Crippen molar-refractivity contribution < 1.29 is 9.90 Å². The Balaban J connectivity index is 1.78. The average Bonchev–Trinajstić information content (AvgIpc) is 3.31. The summed E-state index contributed by atoms with van der Waals surface area (Å²) in [6, 6.07) is 15.9. The van der Waals surface area contributed by atoms with Crippen molar-refractivity contribution in [2.24, 2.45) is 0 Å². The summed E-state index contributed by atoms with van der Waals surface area (Å²) < 4.78 is 2.94. The largest absolute Gasteiger partial charge is 0.507 e. The molecule has 0 radical (unpaired) electrons. The Kier molecular flexibility index (Phi) is 4.60. The molecule has 7 heteroatoms. The minimum Gasteiger partial charge on any atom is -0.507 e. The van der Waals surface area contributed by atoms with Crippen molar-refractivity contribution in [2.75, 3.05) is 0 Å². The zero-order chi connectivity index (χ0) is 18.8. The number of carbonyl (C=O) groups excluding carboxylic acids is 1. The number of aromatic amines is 1. The maximum atomic E-state index is 12.2. The van der Waals surface area contributed by atoms with Crippen LogP contribution in [0, 0.1) is 0 Å². The molecule has 0 amide bonds. The highest BCUT2D eigenvalue weighted by Crippen LogP contribution is 2.29. The summed E-state index contributed by atoms with van der Waals surface area (Å²) in [4.78, 5) is 16.0. The third-order valence-corrected chi connectivity index (χ3v) is 4.72. The summed E-state index contributed by atoms with van der Waals surface area (Å²) in [5, 5.41) is 17.6. The second-order valence-electron chi connectivity index (χ2n) is 6.05. The predicted octanol–water partition coefficient (Wildman–Crippen LogP) is 4.35. The van der Waals surface area contributed by atoms with Crippen LogP contribution in [0.1, 0.15) is 21.7 Å². The highest BCUT2D eigenvalue weighted by atomic mass is 79.9. The number of ketones is 1. The number of H-pyrrole nitrogens is 1. The van der Waals surface area contributed by atoms with Gasteiger partial charge in [0.05, 0.1) is 0 Å². The van der Waals surface area contributed by atoms with E-state index >= 15 is 0 Å². The molecule has 0 aliphatic heterocycles. The Morgan fingerprint density at radius 3 is 2.78 bits per heavy atom. The number of aliphatic hydroxyl groups excluding tert-OH is 1. The van der Waals surface area contributed by atoms with Crippen molar-refractivity contribution in [3.8, 4) is 0 Å². The lowest BCUT2D eigenvalue weighted by Crippen LogP contribution is -1.99. The van der Waals surface area contributed by atoms with Crippen LogP contribution in [-0.2, 0) is 6.54 Å². The topological polar surface area (TPSA) is 83.8 Å². The molecule has 0 spiro atoms. The Morgan fingerprint density at radius 1 is 1.22 bits per heavy atom. The van der Waals surface area contributed by atoms with Gasteiger partial charge in [-0.05, 0) is 23.8 Å². The molecular formula is C20H15BrN4O2. The van der Waals surface area contributed by atoms with E-state index in [2.05, 4.69) is 35.7 Å². The molecule has 0 fully saturated rings. The first-order valence-electron chi connectivity index (χ1n) is 8.25. The third-order valence-electron chi connectivity index (χ3n) is 4.23. The monoisotopic (exact) mass is 422 g/mol. The highest BCUT2D eigenvalue weighted by Gasteiger charge is 2.15. The van der Waals surface area contributed by atoms with Crippen LogP contribution in [-0.4, -0.2) is 30.6 Å². The quantitative estimate of drug-likeness (QED) is 0.284. The molecule has 0 aliphatic rings. The van der Waals surface area contributed by atoms with E-state index in [0.29, 0.717) is 12.1 Å². The van der Waals surface area contributed by atoms with Gasteiger partial charge in [-0.15, -0.1) is 0 Å². The highest BCUT2D eigenvalue weighted by molar-refractivity contribution is 9.10. The number of carbonyl (C=O) groups is 1. The van der Waals surface area contributed by atoms with E-state index in [1.54, 1.807) is 0 Å². The van der Waals surface area contributed by atoms with Crippen LogP contribution in [0.15, 0.2) is 71.6 Å². The van der Waals surface area contributed by atoms with Gasteiger partial charge in [0, 0.05) is 39.8 Å². The van der Waals surface area contributed by atoms with Crippen molar-refractivity contribution in [1.29, 1.82) is 0 Å². The number of aliphatic hydroxyl groups is 1. The number of allylic oxidation sites excluding steroid dienone is 1. The van der Waals surface area contributed by atoms with Gasteiger partial charge in [-0.3, -0.25) is 9.89 Å².